The van der Waals surface area contributed by atoms with Crippen LogP contribution in [0.1, 0.15) is 0 Å². The molecule has 0 rings (SSSR count). The molecule has 0 saturated heterocycles. The van der Waals surface area contributed by atoms with Crippen LogP contribution in [0, 0.1) is 0 Å². The summed E-state index contributed by atoms with van der Waals surface area (Å²) in [5.41, 5.74) is 0. The zero-order valence-electron chi connectivity index (χ0n) is 4.24. The molecule has 0 unspecified atom stereocenters. The number of rotatable bonds is 0. The molecule has 0 heterocycles. The van der Waals surface area contributed by atoms with Gasteiger partial charge in [-0.2, -0.15) is 0 Å². The zero-order valence-corrected chi connectivity index (χ0v) is 6.79. The Bertz CT molecular complexity index is 22.5. The molecule has 3 N–H and O–H groups in total. The maximum atomic E-state index is 7.35. The monoisotopic (exact) mass is 300 g/mol. The molecule has 11 heteroatoms. The van der Waals surface area contributed by atoms with Crippen molar-refractivity contribution in [3.63, 3.8) is 0 Å². The van der Waals surface area contributed by atoms with Crippen LogP contribution in [-0.4, -0.2) is 50.5 Å². The Hall–Kier alpha value is 0.876. The van der Waals surface area contributed by atoms with Crippen LogP contribution in [-0.2, 0) is 0 Å². The van der Waals surface area contributed by atoms with E-state index in [2.05, 4.69) is 0 Å². The summed E-state index contributed by atoms with van der Waals surface area (Å²) < 4.78 is 22.0. The zero-order chi connectivity index (χ0) is 3.58. The van der Waals surface area contributed by atoms with E-state index < -0.39 is 21.5 Å². The molecule has 0 spiro atoms. The van der Waals surface area contributed by atoms with Crippen LogP contribution in [0.3, 0.4) is 0 Å². The van der Waals surface area contributed by atoms with Crippen molar-refractivity contribution in [2.45, 2.75) is 0 Å². The molecule has 0 aliphatic rings. The van der Waals surface area contributed by atoms with Gasteiger partial charge in [-0.3, -0.25) is 28.2 Å². The predicted octanol–water partition coefficient (Wildman–Crippen LogP) is -1.79. The first-order valence-corrected chi connectivity index (χ1v) is 4.02. The Balaban J connectivity index is -0.00000000214. The molecule has 0 aromatic carbocycles. The van der Waals surface area contributed by atoms with Gasteiger partial charge in [0.25, 0.3) is 0 Å². The Morgan fingerprint density at radius 1 is 0.545 bits per heavy atom. The number of halogens is 6. The second kappa shape index (κ2) is 70.6. The average molecular weight is 301 g/mol. The Labute approximate surface area is 78.8 Å². The molecule has 0 amide bonds. The quantitative estimate of drug-likeness (QED) is 0.366. The van der Waals surface area contributed by atoms with Crippen LogP contribution < -0.4 is 0 Å². The molecular weight excluding hydrogens is 291 g/mol. The van der Waals surface area contributed by atoms with Gasteiger partial charge in [-0.25, -0.2) is 0 Å². The molecule has 0 aliphatic carbocycles. The molecule has 0 radical (unpaired) electrons. The van der Waals surface area contributed by atoms with E-state index in [0.29, 0.717) is 0 Å². The molecule has 11 heavy (non-hydrogen) atoms. The summed E-state index contributed by atoms with van der Waals surface area (Å²) in [6.45, 7) is 0. The maximum absolute atomic E-state index is 7.35. The van der Waals surface area contributed by atoms with Gasteiger partial charge in [-0.15, -0.1) is 0 Å². The third-order valence-electron chi connectivity index (χ3n) is 0. The predicted molar refractivity (Wildman–Crippen MR) is 34.6 cm³/mol. The van der Waals surface area contributed by atoms with Crippen molar-refractivity contribution < 1.29 is 38.4 Å². The van der Waals surface area contributed by atoms with Gasteiger partial charge in [0.1, 0.15) is 0 Å². The van der Waals surface area contributed by atoms with Crippen LogP contribution in [0.5, 0.6) is 0 Å². The molecule has 0 aliphatic heterocycles. The normalized spacial score (nSPS) is 3.27. The Morgan fingerprint density at radius 3 is 0.545 bits per heavy atom. The number of hydrogen-bond donors (Lipinski definition) is 3. The van der Waals surface area contributed by atoms with E-state index in [4.69, 9.17) is 10.2 Å². The first-order valence-electron chi connectivity index (χ1n) is 0.600. The molecule has 3 nitrogen and oxygen atoms in total. The van der Waals surface area contributed by atoms with Gasteiger partial charge in [-0.1, -0.05) is 0 Å². The third kappa shape index (κ3) is 1120. The van der Waals surface area contributed by atoms with Crippen molar-refractivity contribution in [3.05, 3.63) is 0 Å². The summed E-state index contributed by atoms with van der Waals surface area (Å²) in [6.07, 6.45) is 0. The van der Waals surface area contributed by atoms with E-state index in [0.717, 1.165) is 0 Å². The molecule has 0 aromatic rings. The van der Waals surface area contributed by atoms with Crippen LogP contribution in [0.4, 0.5) is 28.2 Å². The summed E-state index contributed by atoms with van der Waals surface area (Å²) in [7, 11) is 0. The fraction of sp³-hybridized carbons (Fsp3) is 0. The van der Waals surface area contributed by atoms with Crippen LogP contribution in [0.2, 0.25) is 0 Å². The molecule has 0 bridgehead atoms. The van der Waals surface area contributed by atoms with Crippen molar-refractivity contribution in [2.75, 3.05) is 0 Å². The van der Waals surface area contributed by atoms with E-state index in [1.54, 1.807) is 0 Å². The standard InChI is InChI=1S/6FH.Li.3H2O.Sb.H/h6*1H;;3*1H2;;/q;;;;;;;;;;+3;/p-3. The summed E-state index contributed by atoms with van der Waals surface area (Å²) >= 11 is -3.45. The van der Waals surface area contributed by atoms with Gasteiger partial charge in [0, 0.05) is 0 Å². The fourth-order valence-electron chi connectivity index (χ4n) is 0. The minimum absolute atomic E-state index is 0. The first kappa shape index (κ1) is 93.5. The van der Waals surface area contributed by atoms with E-state index in [-0.39, 0.29) is 47.1 Å². The van der Waals surface area contributed by atoms with Gasteiger partial charge in [0.05, 0.1) is 0 Å². The molecule has 0 atom stereocenters. The topological polar surface area (TPSA) is 60.7 Å². The number of hydrogen-bond acceptors (Lipinski definition) is 3. The van der Waals surface area contributed by atoms with Gasteiger partial charge in [0.15, 0.2) is 0 Å². The minimum atomic E-state index is -3.45. The molecule has 0 saturated carbocycles. The average Bonchev–Trinajstić information content (AvgIpc) is 0.811. The molecule has 0 aromatic heterocycles. The van der Waals surface area contributed by atoms with Gasteiger partial charge in [-0.05, 0) is 0 Å². The molecular formula is H10F6LiO3Sb. The summed E-state index contributed by atoms with van der Waals surface area (Å²) in [6, 6.07) is 0. The molecule has 76 valence electrons. The van der Waals surface area contributed by atoms with Crippen molar-refractivity contribution in [3.8, 4) is 0 Å². The van der Waals surface area contributed by atoms with Crippen LogP contribution in [0.15, 0.2) is 0 Å². The first-order chi connectivity index (χ1) is 1.73. The van der Waals surface area contributed by atoms with Crippen molar-refractivity contribution >= 4 is 40.3 Å². The van der Waals surface area contributed by atoms with E-state index in [1.807, 2.05) is 0 Å². The van der Waals surface area contributed by atoms with Gasteiger partial charge < -0.3 is 0 Å². The Kier molecular flexibility index (Phi) is 600. The summed E-state index contributed by atoms with van der Waals surface area (Å²) in [5, 5.41) is 0. The third-order valence-corrected chi connectivity index (χ3v) is 0. The second-order valence-electron chi connectivity index (χ2n) is 0.268. The van der Waals surface area contributed by atoms with Crippen LogP contribution in [0.25, 0.3) is 0 Å². The summed E-state index contributed by atoms with van der Waals surface area (Å²) in [5.74, 6) is 0. The molecule has 0 fully saturated rings. The van der Waals surface area contributed by atoms with E-state index >= 15 is 0 Å². The SMILES string of the molecule is F.F.F.F.F.F.[LiH].[OH][Sb]([OH])[OH]. The van der Waals surface area contributed by atoms with E-state index in [1.165, 1.54) is 0 Å². The van der Waals surface area contributed by atoms with Crippen molar-refractivity contribution in [1.82, 2.24) is 0 Å². The second-order valence-corrected chi connectivity index (χ2v) is 1.80. The van der Waals surface area contributed by atoms with E-state index in [9.17, 15) is 0 Å². The Morgan fingerprint density at radius 2 is 0.545 bits per heavy atom. The van der Waals surface area contributed by atoms with Crippen LogP contribution >= 0.6 is 0 Å². The van der Waals surface area contributed by atoms with Gasteiger partial charge >= 0.3 is 50.5 Å². The summed E-state index contributed by atoms with van der Waals surface area (Å²) in [4.78, 5) is 0. The van der Waals surface area contributed by atoms with Crippen molar-refractivity contribution in [2.24, 2.45) is 0 Å². The fourth-order valence-corrected chi connectivity index (χ4v) is 0. The van der Waals surface area contributed by atoms with Crippen molar-refractivity contribution in [1.29, 1.82) is 0 Å². The van der Waals surface area contributed by atoms with Gasteiger partial charge in [0.2, 0.25) is 0 Å².